The fraction of sp³-hybridized carbons (Fsp3) is 0.364. The van der Waals surface area contributed by atoms with Crippen molar-refractivity contribution in [1.82, 2.24) is 0 Å². The van der Waals surface area contributed by atoms with Crippen LogP contribution in [0.15, 0.2) is 17.0 Å². The third-order valence-corrected chi connectivity index (χ3v) is 4.09. The zero-order valence-electron chi connectivity index (χ0n) is 10.3. The van der Waals surface area contributed by atoms with Crippen LogP contribution in [0.4, 0.5) is 0 Å². The summed E-state index contributed by atoms with van der Waals surface area (Å²) < 4.78 is 27.8. The first-order valence-corrected chi connectivity index (χ1v) is 7.69. The van der Waals surface area contributed by atoms with Crippen LogP contribution in [-0.2, 0) is 14.8 Å². The summed E-state index contributed by atoms with van der Waals surface area (Å²) in [5.41, 5.74) is -0.126. The minimum atomic E-state index is -4.07. The molecule has 0 heterocycles. The summed E-state index contributed by atoms with van der Waals surface area (Å²) in [7, 11) is -4.07. The number of sulfonamides is 1. The normalized spacial score (nSPS) is 13.1. The monoisotopic (exact) mass is 325 g/mol. The number of hydrogen-bond donors (Lipinski definition) is 1. The number of carbonyl (C=O) groups excluding carboxylic acids is 1. The molecule has 0 bridgehead atoms. The number of primary sulfonamides is 1. The smallest absolute Gasteiger partial charge is 0.340 e. The van der Waals surface area contributed by atoms with Gasteiger partial charge in [-0.1, -0.05) is 30.1 Å². The average Bonchev–Trinajstić information content (AvgIpc) is 2.29. The molecule has 0 radical (unpaired) electrons. The molecule has 5 nitrogen and oxygen atoms in total. The summed E-state index contributed by atoms with van der Waals surface area (Å²) in [5, 5.41) is 4.74. The zero-order chi connectivity index (χ0) is 14.8. The number of nitrogens with two attached hydrogens (primary N) is 1. The molecule has 0 aliphatic rings. The van der Waals surface area contributed by atoms with Crippen molar-refractivity contribution in [3.63, 3.8) is 0 Å². The molecule has 8 heteroatoms. The number of benzene rings is 1. The van der Waals surface area contributed by atoms with E-state index in [0.29, 0.717) is 6.42 Å². The van der Waals surface area contributed by atoms with Gasteiger partial charge in [-0.25, -0.2) is 18.4 Å². The van der Waals surface area contributed by atoms with Gasteiger partial charge >= 0.3 is 5.97 Å². The predicted molar refractivity (Wildman–Crippen MR) is 73.0 cm³/mol. The first-order valence-electron chi connectivity index (χ1n) is 5.39. The van der Waals surface area contributed by atoms with Crippen molar-refractivity contribution in [3.05, 3.63) is 27.7 Å². The van der Waals surface area contributed by atoms with E-state index in [1.54, 1.807) is 6.92 Å². The molecule has 1 rings (SSSR count). The minimum absolute atomic E-state index is 0.0320. The van der Waals surface area contributed by atoms with E-state index in [9.17, 15) is 13.2 Å². The Morgan fingerprint density at radius 2 is 2.00 bits per heavy atom. The van der Waals surface area contributed by atoms with Crippen LogP contribution in [0.25, 0.3) is 0 Å². The van der Waals surface area contributed by atoms with Crippen molar-refractivity contribution >= 4 is 39.2 Å². The number of halogens is 2. The average molecular weight is 326 g/mol. The molecule has 0 aliphatic carbocycles. The van der Waals surface area contributed by atoms with E-state index in [0.717, 1.165) is 6.07 Å². The van der Waals surface area contributed by atoms with E-state index in [2.05, 4.69) is 0 Å². The van der Waals surface area contributed by atoms with Crippen molar-refractivity contribution in [2.75, 3.05) is 0 Å². The van der Waals surface area contributed by atoms with Crippen molar-refractivity contribution in [3.8, 4) is 0 Å². The molecule has 0 aromatic heterocycles. The summed E-state index contributed by atoms with van der Waals surface area (Å²) in [4.78, 5) is 11.5. The molecule has 0 aliphatic heterocycles. The Balaban J connectivity index is 3.30. The zero-order valence-corrected chi connectivity index (χ0v) is 12.6. The molecule has 1 atom stereocenters. The quantitative estimate of drug-likeness (QED) is 0.862. The summed E-state index contributed by atoms with van der Waals surface area (Å²) in [6, 6.07) is 2.32. The number of hydrogen-bond acceptors (Lipinski definition) is 4. The molecular formula is C11H13Cl2NO4S. The molecule has 1 aromatic carbocycles. The topological polar surface area (TPSA) is 86.5 Å². The van der Waals surface area contributed by atoms with Gasteiger partial charge in [0.1, 0.15) is 4.90 Å². The van der Waals surface area contributed by atoms with E-state index in [-0.39, 0.29) is 21.7 Å². The second-order valence-electron chi connectivity index (χ2n) is 3.93. The van der Waals surface area contributed by atoms with E-state index < -0.39 is 20.9 Å². The standard InChI is InChI=1S/C11H13Cl2NO4S/c1-3-6(2)18-11(15)8-4-7(12)5-9(10(8)13)19(14,16)17/h4-6H,3H2,1-2H3,(H2,14,16,17). The highest BCUT2D eigenvalue weighted by Gasteiger charge is 2.22. The molecule has 1 aromatic rings. The lowest BCUT2D eigenvalue weighted by Gasteiger charge is -2.13. The van der Waals surface area contributed by atoms with Gasteiger partial charge in [-0.3, -0.25) is 0 Å². The van der Waals surface area contributed by atoms with Crippen molar-refractivity contribution < 1.29 is 17.9 Å². The van der Waals surface area contributed by atoms with E-state index in [4.69, 9.17) is 33.1 Å². The van der Waals surface area contributed by atoms with Crippen LogP contribution in [-0.4, -0.2) is 20.5 Å². The molecule has 0 fully saturated rings. The third-order valence-electron chi connectivity index (χ3n) is 2.41. The molecule has 0 saturated heterocycles. The molecule has 106 valence electrons. The van der Waals surface area contributed by atoms with Gasteiger partial charge in [-0.2, -0.15) is 0 Å². The lowest BCUT2D eigenvalue weighted by molar-refractivity contribution is 0.0334. The van der Waals surface area contributed by atoms with Crippen LogP contribution < -0.4 is 5.14 Å². The van der Waals surface area contributed by atoms with Gasteiger partial charge in [0, 0.05) is 5.02 Å². The molecule has 0 amide bonds. The Kier molecular flexibility index (Phi) is 5.20. The molecule has 1 unspecified atom stereocenters. The second-order valence-corrected chi connectivity index (χ2v) is 6.28. The SMILES string of the molecule is CCC(C)OC(=O)c1cc(Cl)cc(S(N)(=O)=O)c1Cl. The fourth-order valence-electron chi connectivity index (χ4n) is 1.25. The van der Waals surface area contributed by atoms with Crippen molar-refractivity contribution in [2.45, 2.75) is 31.3 Å². The highest BCUT2D eigenvalue weighted by molar-refractivity contribution is 7.89. The largest absolute Gasteiger partial charge is 0.459 e. The number of esters is 1. The second kappa shape index (κ2) is 6.09. The van der Waals surface area contributed by atoms with Crippen LogP contribution in [0.1, 0.15) is 30.6 Å². The van der Waals surface area contributed by atoms with Crippen LogP contribution in [0.5, 0.6) is 0 Å². The number of rotatable bonds is 4. The molecular weight excluding hydrogens is 313 g/mol. The molecule has 0 spiro atoms. The van der Waals surface area contributed by atoms with E-state index >= 15 is 0 Å². The summed E-state index contributed by atoms with van der Waals surface area (Å²) >= 11 is 11.6. The van der Waals surface area contributed by atoms with Gasteiger partial charge in [0.25, 0.3) is 0 Å². The van der Waals surface area contributed by atoms with E-state index in [1.807, 2.05) is 6.92 Å². The van der Waals surface area contributed by atoms with Crippen LogP contribution in [0.3, 0.4) is 0 Å². The maximum Gasteiger partial charge on any atom is 0.340 e. The van der Waals surface area contributed by atoms with Gasteiger partial charge in [-0.15, -0.1) is 0 Å². The first kappa shape index (κ1) is 16.2. The van der Waals surface area contributed by atoms with Gasteiger partial charge in [0.05, 0.1) is 16.7 Å². The van der Waals surface area contributed by atoms with E-state index in [1.165, 1.54) is 6.07 Å². The maximum atomic E-state index is 11.9. The highest BCUT2D eigenvalue weighted by Crippen LogP contribution is 2.29. The van der Waals surface area contributed by atoms with Crippen LogP contribution in [0.2, 0.25) is 10.0 Å². The van der Waals surface area contributed by atoms with Gasteiger partial charge in [-0.05, 0) is 25.5 Å². The number of carbonyl (C=O) groups is 1. The lowest BCUT2D eigenvalue weighted by atomic mass is 10.2. The van der Waals surface area contributed by atoms with Gasteiger partial charge < -0.3 is 4.74 Å². The lowest BCUT2D eigenvalue weighted by Crippen LogP contribution is -2.17. The minimum Gasteiger partial charge on any atom is -0.459 e. The Labute approximate surface area is 121 Å². The maximum absolute atomic E-state index is 11.9. The van der Waals surface area contributed by atoms with Crippen LogP contribution in [0, 0.1) is 0 Å². The summed E-state index contributed by atoms with van der Waals surface area (Å²) in [6.07, 6.45) is 0.298. The molecule has 2 N–H and O–H groups in total. The molecule has 19 heavy (non-hydrogen) atoms. The number of ether oxygens (including phenoxy) is 1. The molecule has 0 saturated carbocycles. The van der Waals surface area contributed by atoms with Gasteiger partial charge in [0.2, 0.25) is 10.0 Å². The van der Waals surface area contributed by atoms with Crippen molar-refractivity contribution in [2.24, 2.45) is 5.14 Å². The van der Waals surface area contributed by atoms with Crippen molar-refractivity contribution in [1.29, 1.82) is 0 Å². The first-order chi connectivity index (χ1) is 8.66. The fourth-order valence-corrected chi connectivity index (χ4v) is 2.69. The summed E-state index contributed by atoms with van der Waals surface area (Å²) in [5.74, 6) is -0.744. The summed E-state index contributed by atoms with van der Waals surface area (Å²) in [6.45, 7) is 3.55. The Morgan fingerprint density at radius 3 is 2.47 bits per heavy atom. The third kappa shape index (κ3) is 4.07. The Bertz CT molecular complexity index is 601. The Hall–Kier alpha value is -0.820. The van der Waals surface area contributed by atoms with Crippen LogP contribution >= 0.6 is 23.2 Å². The predicted octanol–water partition coefficient (Wildman–Crippen LogP) is 2.60. The Morgan fingerprint density at radius 1 is 1.42 bits per heavy atom. The van der Waals surface area contributed by atoms with Gasteiger partial charge in [0.15, 0.2) is 0 Å². The highest BCUT2D eigenvalue weighted by atomic mass is 35.5.